The Hall–Kier alpha value is -3.06. The van der Waals surface area contributed by atoms with Crippen molar-refractivity contribution in [1.29, 1.82) is 0 Å². The van der Waals surface area contributed by atoms with Gasteiger partial charge in [0.15, 0.2) is 5.60 Å². The van der Waals surface area contributed by atoms with Gasteiger partial charge in [-0.3, -0.25) is 4.79 Å². The average Bonchev–Trinajstić information content (AvgIpc) is 3.16. The number of rotatable bonds is 5. The molecule has 0 spiro atoms. The Morgan fingerprint density at radius 2 is 1.97 bits per heavy atom. The van der Waals surface area contributed by atoms with Gasteiger partial charge in [-0.15, -0.1) is 0 Å². The molecule has 2 aliphatic heterocycles. The summed E-state index contributed by atoms with van der Waals surface area (Å²) in [6, 6.07) is 9.42. The van der Waals surface area contributed by atoms with Crippen molar-refractivity contribution in [3.05, 3.63) is 62.9 Å². The molecule has 0 saturated heterocycles. The molecule has 0 aliphatic carbocycles. The van der Waals surface area contributed by atoms with Crippen LogP contribution in [0.5, 0.6) is 5.75 Å². The second kappa shape index (κ2) is 7.52. The lowest BCUT2D eigenvalue weighted by atomic mass is 9.82. The van der Waals surface area contributed by atoms with Crippen molar-refractivity contribution in [2.24, 2.45) is 0 Å². The van der Waals surface area contributed by atoms with Gasteiger partial charge < -0.3 is 19.1 Å². The van der Waals surface area contributed by atoms with Crippen LogP contribution in [0, 0.1) is 0 Å². The van der Waals surface area contributed by atoms with E-state index in [-0.39, 0.29) is 17.9 Å². The second-order valence-electron chi connectivity index (χ2n) is 8.56. The van der Waals surface area contributed by atoms with Crippen molar-refractivity contribution in [3.8, 4) is 17.0 Å². The average molecular weight is 431 g/mol. The molecule has 3 aromatic rings. The second-order valence-corrected chi connectivity index (χ2v) is 8.56. The predicted molar refractivity (Wildman–Crippen MR) is 124 cm³/mol. The number of pyridine rings is 1. The Labute approximate surface area is 187 Å². The third kappa shape index (κ3) is 2.77. The van der Waals surface area contributed by atoms with Crippen LogP contribution in [-0.2, 0) is 39.4 Å². The summed E-state index contributed by atoms with van der Waals surface area (Å²) in [5, 5.41) is 12.0. The minimum Gasteiger partial charge on any atom is -0.508 e. The molecule has 5 rings (SSSR count). The van der Waals surface area contributed by atoms with E-state index in [0.717, 1.165) is 45.9 Å². The lowest BCUT2D eigenvalue weighted by molar-refractivity contribution is -0.168. The number of hydrogen-bond acceptors (Lipinski definition) is 5. The summed E-state index contributed by atoms with van der Waals surface area (Å²) in [5.41, 5.74) is 3.78. The highest BCUT2D eigenvalue weighted by molar-refractivity contribution is 6.27. The number of carbonyl (C=O) groups is 1. The minimum absolute atomic E-state index is 0.0304. The normalized spacial score (nSPS) is 18.8. The van der Waals surface area contributed by atoms with Crippen molar-refractivity contribution < 1.29 is 19.3 Å². The van der Waals surface area contributed by atoms with Gasteiger partial charge in [-0.25, -0.2) is 4.79 Å². The van der Waals surface area contributed by atoms with Crippen molar-refractivity contribution >= 4 is 24.2 Å². The highest BCUT2D eigenvalue weighted by Gasteiger charge is 2.47. The third-order valence-electron chi connectivity index (χ3n) is 6.86. The number of ether oxygens (including phenoxy) is 1. The Bertz CT molecular complexity index is 1330. The standard InChI is InChI=1S/C25H26BNO5/c1-4-16-17-10-15(28)8-7-14(17)9-18-19(16)12-27-22(18)11-21-20(23(27)29)13-31-24(30)25(21,5-2)32-26-6-3/h7-11,26,28H,4-6,12-13H2,1-3H3/t25-/m0/s1. The molecule has 6 nitrogen and oxygen atoms in total. The largest absolute Gasteiger partial charge is 0.508 e. The Morgan fingerprint density at radius 1 is 1.16 bits per heavy atom. The summed E-state index contributed by atoms with van der Waals surface area (Å²) >= 11 is 0. The zero-order chi connectivity index (χ0) is 22.6. The van der Waals surface area contributed by atoms with Crippen LogP contribution in [0.1, 0.15) is 49.4 Å². The summed E-state index contributed by atoms with van der Waals surface area (Å²) in [7, 11) is 0.408. The fourth-order valence-corrected chi connectivity index (χ4v) is 5.25. The molecule has 32 heavy (non-hydrogen) atoms. The molecule has 7 heteroatoms. The topological polar surface area (TPSA) is 77.8 Å². The maximum Gasteiger partial charge on any atom is 0.342 e. The van der Waals surface area contributed by atoms with Gasteiger partial charge in [0.25, 0.3) is 13.0 Å². The minimum atomic E-state index is -1.25. The number of esters is 1. The third-order valence-corrected chi connectivity index (χ3v) is 6.86. The summed E-state index contributed by atoms with van der Waals surface area (Å²) in [6.45, 7) is 6.40. The first kappa shape index (κ1) is 20.8. The quantitative estimate of drug-likeness (QED) is 0.385. The fraction of sp³-hybridized carbons (Fsp3) is 0.360. The van der Waals surface area contributed by atoms with E-state index in [0.29, 0.717) is 31.6 Å². The molecular formula is C25H26BNO5. The molecule has 0 saturated carbocycles. The summed E-state index contributed by atoms with van der Waals surface area (Å²) in [4.78, 5) is 26.5. The summed E-state index contributed by atoms with van der Waals surface area (Å²) in [6.07, 6.45) is 1.94. The number of nitrogens with zero attached hydrogens (tertiary/aromatic N) is 1. The van der Waals surface area contributed by atoms with E-state index in [9.17, 15) is 14.7 Å². The van der Waals surface area contributed by atoms with Gasteiger partial charge in [-0.1, -0.05) is 33.2 Å². The lowest BCUT2D eigenvalue weighted by Gasteiger charge is -2.36. The maximum absolute atomic E-state index is 13.6. The number of carbonyl (C=O) groups excluding carboxylic acids is 1. The number of fused-ring (bicyclic) bond motifs is 5. The van der Waals surface area contributed by atoms with Gasteiger partial charge in [-0.05, 0) is 59.0 Å². The van der Waals surface area contributed by atoms with E-state index in [2.05, 4.69) is 13.0 Å². The molecule has 1 aromatic heterocycles. The zero-order valence-corrected chi connectivity index (χ0v) is 18.7. The summed E-state index contributed by atoms with van der Waals surface area (Å²) < 4.78 is 13.3. The van der Waals surface area contributed by atoms with Gasteiger partial charge in [-0.2, -0.15) is 0 Å². The molecule has 3 heterocycles. The highest BCUT2D eigenvalue weighted by Crippen LogP contribution is 2.43. The van der Waals surface area contributed by atoms with Crippen LogP contribution in [0.3, 0.4) is 0 Å². The number of aromatic nitrogens is 1. The van der Waals surface area contributed by atoms with Crippen LogP contribution in [0.4, 0.5) is 0 Å². The van der Waals surface area contributed by atoms with E-state index in [4.69, 9.17) is 9.39 Å². The van der Waals surface area contributed by atoms with E-state index in [1.54, 1.807) is 16.7 Å². The molecule has 164 valence electrons. The monoisotopic (exact) mass is 431 g/mol. The molecule has 0 radical (unpaired) electrons. The van der Waals surface area contributed by atoms with Gasteiger partial charge in [0.1, 0.15) is 12.4 Å². The first-order valence-corrected chi connectivity index (χ1v) is 11.3. The van der Waals surface area contributed by atoms with E-state index in [1.807, 2.05) is 26.0 Å². The molecule has 0 unspecified atom stereocenters. The van der Waals surface area contributed by atoms with Crippen LogP contribution in [0.15, 0.2) is 35.1 Å². The predicted octanol–water partition coefficient (Wildman–Crippen LogP) is 3.77. The molecule has 1 atom stereocenters. The van der Waals surface area contributed by atoms with Crippen molar-refractivity contribution in [2.75, 3.05) is 0 Å². The molecule has 0 fully saturated rings. The number of aryl methyl sites for hydroxylation is 1. The number of hydrogen-bond donors (Lipinski definition) is 1. The Kier molecular flexibility index (Phi) is 4.89. The van der Waals surface area contributed by atoms with E-state index in [1.165, 1.54) is 0 Å². The van der Waals surface area contributed by atoms with Crippen LogP contribution >= 0.6 is 0 Å². The van der Waals surface area contributed by atoms with Crippen LogP contribution in [0.2, 0.25) is 6.32 Å². The number of cyclic esters (lactones) is 1. The first-order chi connectivity index (χ1) is 15.4. The molecule has 0 bridgehead atoms. The maximum atomic E-state index is 13.6. The zero-order valence-electron chi connectivity index (χ0n) is 18.7. The fourth-order valence-electron chi connectivity index (χ4n) is 5.25. The molecule has 2 aliphatic rings. The van der Waals surface area contributed by atoms with Gasteiger partial charge in [0, 0.05) is 11.1 Å². The lowest BCUT2D eigenvalue weighted by Crippen LogP contribution is -2.47. The number of phenols is 1. The molecule has 1 N–H and O–H groups in total. The van der Waals surface area contributed by atoms with Crippen molar-refractivity contribution in [2.45, 2.75) is 58.7 Å². The SMILES string of the molecule is CCBO[C@]1(CC)C(=O)OCc2c1cc1n(c2=O)Cc2c-1cc1ccc(O)cc1c2CC. The number of benzene rings is 2. The Morgan fingerprint density at radius 3 is 2.69 bits per heavy atom. The first-order valence-electron chi connectivity index (χ1n) is 11.3. The highest BCUT2D eigenvalue weighted by atomic mass is 16.6. The van der Waals surface area contributed by atoms with E-state index < -0.39 is 11.6 Å². The van der Waals surface area contributed by atoms with Crippen molar-refractivity contribution in [3.63, 3.8) is 0 Å². The number of phenolic OH excluding ortho intramolecular Hbond substituents is 1. The number of aromatic hydroxyl groups is 1. The van der Waals surface area contributed by atoms with Gasteiger partial charge >= 0.3 is 5.97 Å². The van der Waals surface area contributed by atoms with Crippen LogP contribution < -0.4 is 5.56 Å². The molecular weight excluding hydrogens is 405 g/mol. The van der Waals surface area contributed by atoms with E-state index >= 15 is 0 Å². The smallest absolute Gasteiger partial charge is 0.342 e. The van der Waals surface area contributed by atoms with Gasteiger partial charge in [0.2, 0.25) is 0 Å². The van der Waals surface area contributed by atoms with Crippen LogP contribution in [-0.4, -0.2) is 23.1 Å². The Balaban J connectivity index is 1.79. The molecule has 2 aromatic carbocycles. The summed E-state index contributed by atoms with van der Waals surface area (Å²) in [5.74, 6) is -0.196. The van der Waals surface area contributed by atoms with Gasteiger partial charge in [0.05, 0.1) is 17.8 Å². The van der Waals surface area contributed by atoms with Crippen LogP contribution in [0.25, 0.3) is 22.0 Å². The molecule has 0 amide bonds. The van der Waals surface area contributed by atoms with Crippen molar-refractivity contribution in [1.82, 2.24) is 4.57 Å².